The molecule has 0 aliphatic heterocycles. The van der Waals surface area contributed by atoms with Crippen molar-refractivity contribution in [1.82, 2.24) is 9.78 Å². The largest absolute Gasteiger partial charge is 0.493 e. The number of aromatic nitrogens is 2. The van der Waals surface area contributed by atoms with E-state index < -0.39 is 0 Å². The molecule has 1 aromatic heterocycles. The molecule has 0 spiro atoms. The van der Waals surface area contributed by atoms with Crippen molar-refractivity contribution >= 4 is 21.7 Å². The average Bonchev–Trinajstić information content (AvgIpc) is 2.63. The van der Waals surface area contributed by atoms with Crippen LogP contribution in [0, 0.1) is 6.92 Å². The maximum atomic E-state index is 5.82. The minimum Gasteiger partial charge on any atom is -0.493 e. The van der Waals surface area contributed by atoms with Crippen LogP contribution in [0.4, 0.5) is 5.82 Å². The lowest BCUT2D eigenvalue weighted by Gasteiger charge is -2.13. The Morgan fingerprint density at radius 3 is 2.26 bits per heavy atom. The molecular formula is C13H16BrN3O2. The first-order valence-corrected chi connectivity index (χ1v) is 6.49. The van der Waals surface area contributed by atoms with Gasteiger partial charge in [-0.05, 0) is 40.5 Å². The highest BCUT2D eigenvalue weighted by molar-refractivity contribution is 9.10. The van der Waals surface area contributed by atoms with Gasteiger partial charge in [-0.2, -0.15) is 5.10 Å². The van der Waals surface area contributed by atoms with Crippen molar-refractivity contribution in [2.75, 3.05) is 20.0 Å². The number of nitrogens with two attached hydrogens (primary N) is 1. The third kappa shape index (κ3) is 2.28. The lowest BCUT2D eigenvalue weighted by atomic mass is 10.0. The molecule has 0 saturated heterocycles. The van der Waals surface area contributed by atoms with Crippen molar-refractivity contribution in [2.24, 2.45) is 7.05 Å². The van der Waals surface area contributed by atoms with Gasteiger partial charge in [0.15, 0.2) is 17.3 Å². The summed E-state index contributed by atoms with van der Waals surface area (Å²) in [4.78, 5) is 0. The monoisotopic (exact) mass is 325 g/mol. The molecule has 5 nitrogen and oxygen atoms in total. The number of aryl methyl sites for hydroxylation is 2. The molecule has 0 fully saturated rings. The van der Waals surface area contributed by atoms with Gasteiger partial charge in [-0.15, -0.1) is 0 Å². The number of nitrogens with zero attached hydrogens (tertiary/aromatic N) is 2. The molecule has 0 radical (unpaired) electrons. The van der Waals surface area contributed by atoms with Crippen molar-refractivity contribution in [1.29, 1.82) is 0 Å². The molecule has 0 saturated carbocycles. The summed E-state index contributed by atoms with van der Waals surface area (Å²) >= 11 is 3.47. The first-order valence-electron chi connectivity index (χ1n) is 5.70. The molecule has 6 heteroatoms. The Labute approximate surface area is 120 Å². The SMILES string of the molecule is COc1cc(C)c(-c2c(Br)c(N)nn2C)cc1OC. The Kier molecular flexibility index (Phi) is 3.71. The molecule has 1 heterocycles. The van der Waals surface area contributed by atoms with E-state index in [0.29, 0.717) is 17.3 Å². The van der Waals surface area contributed by atoms with Gasteiger partial charge >= 0.3 is 0 Å². The van der Waals surface area contributed by atoms with Crippen LogP contribution in [0.15, 0.2) is 16.6 Å². The predicted octanol–water partition coefficient (Wildman–Crippen LogP) is 2.76. The average molecular weight is 326 g/mol. The van der Waals surface area contributed by atoms with E-state index in [2.05, 4.69) is 21.0 Å². The zero-order valence-electron chi connectivity index (χ0n) is 11.3. The number of nitrogen functional groups attached to an aromatic ring is 1. The highest BCUT2D eigenvalue weighted by Crippen LogP contribution is 2.39. The first-order chi connectivity index (χ1) is 8.99. The summed E-state index contributed by atoms with van der Waals surface area (Å²) in [6.45, 7) is 2.01. The minimum absolute atomic E-state index is 0.465. The number of halogens is 1. The van der Waals surface area contributed by atoms with E-state index in [1.807, 2.05) is 26.1 Å². The van der Waals surface area contributed by atoms with E-state index in [0.717, 1.165) is 21.3 Å². The predicted molar refractivity (Wildman–Crippen MR) is 78.6 cm³/mol. The number of benzene rings is 1. The standard InChI is InChI=1S/C13H16BrN3O2/c1-7-5-9(18-3)10(19-4)6-8(7)12-11(14)13(15)16-17(12)2/h5-6H,1-4H3,(H2,15,16). The van der Waals surface area contributed by atoms with Gasteiger partial charge in [0.25, 0.3) is 0 Å². The van der Waals surface area contributed by atoms with Crippen molar-refractivity contribution in [3.8, 4) is 22.8 Å². The Morgan fingerprint density at radius 2 is 1.79 bits per heavy atom. The molecule has 0 unspecified atom stereocenters. The fourth-order valence-electron chi connectivity index (χ4n) is 2.05. The molecule has 19 heavy (non-hydrogen) atoms. The summed E-state index contributed by atoms with van der Waals surface area (Å²) < 4.78 is 13.2. The van der Waals surface area contributed by atoms with Gasteiger partial charge in [-0.3, -0.25) is 4.68 Å². The fourth-order valence-corrected chi connectivity index (χ4v) is 2.60. The molecule has 0 bridgehead atoms. The molecular weight excluding hydrogens is 310 g/mol. The van der Waals surface area contributed by atoms with Gasteiger partial charge in [0.1, 0.15) is 0 Å². The number of hydrogen-bond donors (Lipinski definition) is 1. The second kappa shape index (κ2) is 5.13. The Balaban J connectivity index is 2.69. The number of hydrogen-bond acceptors (Lipinski definition) is 4. The van der Waals surface area contributed by atoms with E-state index in [1.54, 1.807) is 18.9 Å². The second-order valence-corrected chi connectivity index (χ2v) is 4.99. The van der Waals surface area contributed by atoms with Crippen molar-refractivity contribution in [3.05, 3.63) is 22.2 Å². The van der Waals surface area contributed by atoms with Gasteiger partial charge in [0, 0.05) is 12.6 Å². The van der Waals surface area contributed by atoms with Gasteiger partial charge in [-0.25, -0.2) is 0 Å². The first kappa shape index (κ1) is 13.7. The topological polar surface area (TPSA) is 62.3 Å². The van der Waals surface area contributed by atoms with Crippen LogP contribution in [0.5, 0.6) is 11.5 Å². The van der Waals surface area contributed by atoms with Crippen LogP contribution in [0.2, 0.25) is 0 Å². The molecule has 2 aromatic rings. The van der Waals surface area contributed by atoms with Crippen LogP contribution in [-0.4, -0.2) is 24.0 Å². The summed E-state index contributed by atoms with van der Waals surface area (Å²) in [6.07, 6.45) is 0. The summed E-state index contributed by atoms with van der Waals surface area (Å²) in [5, 5.41) is 4.20. The molecule has 0 aliphatic rings. The van der Waals surface area contributed by atoms with E-state index in [1.165, 1.54) is 0 Å². The van der Waals surface area contributed by atoms with Crippen molar-refractivity contribution in [3.63, 3.8) is 0 Å². The van der Waals surface area contributed by atoms with Gasteiger partial charge in [0.05, 0.1) is 24.4 Å². The fraction of sp³-hybridized carbons (Fsp3) is 0.308. The van der Waals surface area contributed by atoms with E-state index in [4.69, 9.17) is 15.2 Å². The maximum absolute atomic E-state index is 5.82. The summed E-state index contributed by atoms with van der Waals surface area (Å²) in [7, 11) is 5.09. The molecule has 0 amide bonds. The summed E-state index contributed by atoms with van der Waals surface area (Å²) in [5.74, 6) is 1.84. The summed E-state index contributed by atoms with van der Waals surface area (Å²) in [6, 6.07) is 3.86. The van der Waals surface area contributed by atoms with Crippen LogP contribution in [-0.2, 0) is 7.05 Å². The molecule has 2 rings (SSSR count). The highest BCUT2D eigenvalue weighted by atomic mass is 79.9. The quantitative estimate of drug-likeness (QED) is 0.942. The lowest BCUT2D eigenvalue weighted by molar-refractivity contribution is 0.355. The number of rotatable bonds is 3. The van der Waals surface area contributed by atoms with E-state index >= 15 is 0 Å². The second-order valence-electron chi connectivity index (χ2n) is 4.19. The Morgan fingerprint density at radius 1 is 1.21 bits per heavy atom. The smallest absolute Gasteiger partial charge is 0.161 e. The number of ether oxygens (including phenoxy) is 2. The lowest BCUT2D eigenvalue weighted by Crippen LogP contribution is -1.98. The van der Waals surface area contributed by atoms with Gasteiger partial charge in [-0.1, -0.05) is 0 Å². The van der Waals surface area contributed by atoms with Crippen molar-refractivity contribution in [2.45, 2.75) is 6.92 Å². The molecule has 1 aromatic carbocycles. The minimum atomic E-state index is 0.465. The molecule has 2 N–H and O–H groups in total. The zero-order chi connectivity index (χ0) is 14.2. The van der Waals surface area contributed by atoms with Gasteiger partial charge < -0.3 is 15.2 Å². The van der Waals surface area contributed by atoms with Crippen LogP contribution in [0.1, 0.15) is 5.56 Å². The summed E-state index contributed by atoms with van der Waals surface area (Å²) in [5.41, 5.74) is 8.79. The molecule has 0 atom stereocenters. The van der Waals surface area contributed by atoms with Gasteiger partial charge in [0.2, 0.25) is 0 Å². The molecule has 0 aliphatic carbocycles. The highest BCUT2D eigenvalue weighted by Gasteiger charge is 2.18. The van der Waals surface area contributed by atoms with Crippen LogP contribution in [0.3, 0.4) is 0 Å². The van der Waals surface area contributed by atoms with Crippen LogP contribution < -0.4 is 15.2 Å². The van der Waals surface area contributed by atoms with Crippen LogP contribution >= 0.6 is 15.9 Å². The zero-order valence-corrected chi connectivity index (χ0v) is 12.9. The van der Waals surface area contributed by atoms with Crippen LogP contribution in [0.25, 0.3) is 11.3 Å². The third-order valence-corrected chi connectivity index (χ3v) is 3.78. The van der Waals surface area contributed by atoms with E-state index in [9.17, 15) is 0 Å². The number of anilines is 1. The Bertz CT molecular complexity index is 623. The Hall–Kier alpha value is -1.69. The number of methoxy groups -OCH3 is 2. The third-order valence-electron chi connectivity index (χ3n) is 3.00. The van der Waals surface area contributed by atoms with E-state index in [-0.39, 0.29) is 0 Å². The molecule has 102 valence electrons. The van der Waals surface area contributed by atoms with Crippen molar-refractivity contribution < 1.29 is 9.47 Å². The normalized spacial score (nSPS) is 10.6. The maximum Gasteiger partial charge on any atom is 0.161 e.